The second kappa shape index (κ2) is 5.75. The molecule has 0 aromatic carbocycles. The van der Waals surface area contributed by atoms with Crippen molar-refractivity contribution in [1.29, 1.82) is 0 Å². The van der Waals surface area contributed by atoms with Gasteiger partial charge >= 0.3 is 11.2 Å². The van der Waals surface area contributed by atoms with Crippen LogP contribution in [0, 0.1) is 27.4 Å². The summed E-state index contributed by atoms with van der Waals surface area (Å²) in [5.41, 5.74) is -0.696. The molecule has 2 rings (SSSR count). The number of rotatable bonds is 4. The summed E-state index contributed by atoms with van der Waals surface area (Å²) in [5.74, 6) is -1.94. The Morgan fingerprint density at radius 3 is 2.65 bits per heavy atom. The van der Waals surface area contributed by atoms with Crippen molar-refractivity contribution in [2.75, 3.05) is 5.32 Å². The number of amides is 1. The summed E-state index contributed by atoms with van der Waals surface area (Å²) in [6, 6.07) is 0. The molecule has 1 N–H and O–H groups in total. The number of hydrogen-bond donors (Lipinski definition) is 1. The van der Waals surface area contributed by atoms with E-state index in [1.165, 1.54) is 0 Å². The van der Waals surface area contributed by atoms with Gasteiger partial charge in [-0.1, -0.05) is 31.5 Å². The predicted molar refractivity (Wildman–Crippen MR) is 78.2 cm³/mol. The summed E-state index contributed by atoms with van der Waals surface area (Å²) in [6.45, 7) is 3.28. The Bertz CT molecular complexity index is 687. The van der Waals surface area contributed by atoms with Crippen LogP contribution in [0.4, 0.5) is 23.3 Å². The number of anilines is 1. The molecule has 11 heteroatoms. The van der Waals surface area contributed by atoms with Crippen LogP contribution in [0.2, 0.25) is 0 Å². The van der Waals surface area contributed by atoms with Gasteiger partial charge < -0.3 is 5.32 Å². The monoisotopic (exact) mass is 369 g/mol. The van der Waals surface area contributed by atoms with E-state index in [2.05, 4.69) is 10.3 Å². The summed E-state index contributed by atoms with van der Waals surface area (Å²) in [4.78, 5) is 25.7. The van der Waals surface area contributed by atoms with Gasteiger partial charge in [0.25, 0.3) is 0 Å². The lowest BCUT2D eigenvalue weighted by Gasteiger charge is -2.04. The molecule has 126 valence electrons. The van der Waals surface area contributed by atoms with Crippen molar-refractivity contribution in [1.82, 2.24) is 4.98 Å². The van der Waals surface area contributed by atoms with Crippen molar-refractivity contribution in [3.05, 3.63) is 27.4 Å². The van der Waals surface area contributed by atoms with E-state index in [1.807, 2.05) is 0 Å². The maximum absolute atomic E-state index is 12.5. The van der Waals surface area contributed by atoms with Gasteiger partial charge in [-0.3, -0.25) is 14.9 Å². The van der Waals surface area contributed by atoms with Crippen molar-refractivity contribution in [3.8, 4) is 0 Å². The Morgan fingerprint density at radius 2 is 2.17 bits per heavy atom. The van der Waals surface area contributed by atoms with Gasteiger partial charge in [-0.25, -0.2) is 4.98 Å². The van der Waals surface area contributed by atoms with Gasteiger partial charge in [0.15, 0.2) is 5.13 Å². The minimum absolute atomic E-state index is 0.0223. The average molecular weight is 370 g/mol. The average Bonchev–Trinajstić information content (AvgIpc) is 2.74. The van der Waals surface area contributed by atoms with Crippen LogP contribution in [0.25, 0.3) is 0 Å². The number of nitro groups is 1. The number of thiazole rings is 1. The Kier molecular flexibility index (Phi) is 4.42. The van der Waals surface area contributed by atoms with Crippen LogP contribution in [-0.2, 0) is 4.79 Å². The van der Waals surface area contributed by atoms with E-state index in [4.69, 9.17) is 11.6 Å². The molecule has 0 bridgehead atoms. The molecule has 1 fully saturated rings. The number of halogens is 4. The molecule has 0 spiro atoms. The van der Waals surface area contributed by atoms with Crippen LogP contribution in [0.15, 0.2) is 17.3 Å². The summed E-state index contributed by atoms with van der Waals surface area (Å²) in [5, 5.41) is 11.4. The molecular formula is C12H11ClF3N3O3S. The number of aromatic nitrogens is 1. The fraction of sp³-hybridized carbons (Fsp3) is 0.500. The SMILES string of the molecule is CC1(C)C(/C=C(\Cl)C(F)(F)F)C1C(=O)Nc1ncc([N+](=O)[O-])s1. The smallest absolute Gasteiger partial charge is 0.302 e. The summed E-state index contributed by atoms with van der Waals surface area (Å²) < 4.78 is 37.4. The molecule has 1 aliphatic rings. The van der Waals surface area contributed by atoms with Crippen LogP contribution in [0.1, 0.15) is 13.8 Å². The standard InChI is InChI=1S/C12H11ClF3N3O3S/c1-11(2)5(3-6(13)12(14,15)16)8(11)9(20)18-10-17-4-7(23-10)19(21)22/h3-5,8H,1-2H3,(H,17,18,20)/b6-3-. The highest BCUT2D eigenvalue weighted by Gasteiger charge is 2.61. The molecule has 0 radical (unpaired) electrons. The first-order valence-electron chi connectivity index (χ1n) is 6.30. The normalized spacial score (nSPS) is 23.5. The summed E-state index contributed by atoms with van der Waals surface area (Å²) >= 11 is 5.88. The minimum atomic E-state index is -4.66. The molecule has 0 saturated heterocycles. The molecule has 1 aliphatic carbocycles. The van der Waals surface area contributed by atoms with Gasteiger partial charge in [-0.05, 0) is 22.7 Å². The van der Waals surface area contributed by atoms with E-state index >= 15 is 0 Å². The third kappa shape index (κ3) is 3.63. The highest BCUT2D eigenvalue weighted by Crippen LogP contribution is 2.60. The second-order valence-electron chi connectivity index (χ2n) is 5.59. The van der Waals surface area contributed by atoms with Crippen LogP contribution in [-0.4, -0.2) is 22.0 Å². The third-order valence-corrected chi connectivity index (χ3v) is 4.90. The first-order valence-corrected chi connectivity index (χ1v) is 7.49. The number of carbonyl (C=O) groups excluding carboxylic acids is 1. The van der Waals surface area contributed by atoms with Crippen molar-refractivity contribution in [2.24, 2.45) is 17.3 Å². The largest absolute Gasteiger partial charge is 0.426 e. The zero-order valence-corrected chi connectivity index (χ0v) is 13.4. The fourth-order valence-corrected chi connectivity index (χ4v) is 3.10. The number of nitrogens with one attached hydrogen (secondary N) is 1. The molecule has 6 nitrogen and oxygen atoms in total. The number of allylic oxidation sites excluding steroid dienone is 2. The van der Waals surface area contributed by atoms with Crippen LogP contribution < -0.4 is 5.32 Å². The zero-order valence-electron chi connectivity index (χ0n) is 11.8. The number of hydrogen-bond acceptors (Lipinski definition) is 5. The maximum Gasteiger partial charge on any atom is 0.426 e. The van der Waals surface area contributed by atoms with E-state index in [0.717, 1.165) is 12.3 Å². The Hall–Kier alpha value is -1.68. The molecule has 2 atom stereocenters. The number of alkyl halides is 3. The Balaban J connectivity index is 2.09. The van der Waals surface area contributed by atoms with E-state index in [0.29, 0.717) is 11.3 Å². The fourth-order valence-electron chi connectivity index (χ4n) is 2.33. The van der Waals surface area contributed by atoms with Gasteiger partial charge in [0.2, 0.25) is 5.91 Å². The Labute approximate surface area is 137 Å². The maximum atomic E-state index is 12.5. The molecule has 1 aromatic heterocycles. The van der Waals surface area contributed by atoms with E-state index in [-0.39, 0.29) is 10.1 Å². The lowest BCUT2D eigenvalue weighted by atomic mass is 10.1. The van der Waals surface area contributed by atoms with Crippen LogP contribution in [0.3, 0.4) is 0 Å². The number of nitrogens with zero attached hydrogens (tertiary/aromatic N) is 2. The van der Waals surface area contributed by atoms with Gasteiger partial charge in [0.1, 0.15) is 11.2 Å². The molecule has 1 aromatic rings. The number of carbonyl (C=O) groups is 1. The quantitative estimate of drug-likeness (QED) is 0.643. The van der Waals surface area contributed by atoms with Crippen LogP contribution >= 0.6 is 22.9 Å². The highest BCUT2D eigenvalue weighted by molar-refractivity contribution is 7.18. The lowest BCUT2D eigenvalue weighted by Crippen LogP contribution is -2.16. The molecule has 23 heavy (non-hydrogen) atoms. The molecular weight excluding hydrogens is 359 g/mol. The lowest BCUT2D eigenvalue weighted by molar-refractivity contribution is -0.380. The first-order chi connectivity index (χ1) is 10.4. The minimum Gasteiger partial charge on any atom is -0.302 e. The topological polar surface area (TPSA) is 85.1 Å². The van der Waals surface area contributed by atoms with Gasteiger partial charge in [0.05, 0.1) is 10.8 Å². The molecule has 1 saturated carbocycles. The van der Waals surface area contributed by atoms with Gasteiger partial charge in [0, 0.05) is 0 Å². The van der Waals surface area contributed by atoms with Crippen molar-refractivity contribution in [3.63, 3.8) is 0 Å². The molecule has 2 unspecified atom stereocenters. The van der Waals surface area contributed by atoms with Crippen molar-refractivity contribution in [2.45, 2.75) is 20.0 Å². The van der Waals surface area contributed by atoms with E-state index in [9.17, 15) is 28.1 Å². The van der Waals surface area contributed by atoms with Gasteiger partial charge in [-0.15, -0.1) is 0 Å². The third-order valence-electron chi connectivity index (χ3n) is 3.69. The molecule has 1 heterocycles. The van der Waals surface area contributed by atoms with Crippen molar-refractivity contribution < 1.29 is 22.9 Å². The van der Waals surface area contributed by atoms with E-state index < -0.39 is 39.3 Å². The molecule has 0 aliphatic heterocycles. The highest BCUT2D eigenvalue weighted by atomic mass is 35.5. The first kappa shape index (κ1) is 17.7. The van der Waals surface area contributed by atoms with Crippen molar-refractivity contribution >= 4 is 39.0 Å². The zero-order chi connectivity index (χ0) is 17.6. The summed E-state index contributed by atoms with van der Waals surface area (Å²) in [7, 11) is 0. The predicted octanol–water partition coefficient (Wildman–Crippen LogP) is 3.95. The Morgan fingerprint density at radius 1 is 1.57 bits per heavy atom. The van der Waals surface area contributed by atoms with Crippen LogP contribution in [0.5, 0.6) is 0 Å². The summed E-state index contributed by atoms with van der Waals surface area (Å²) in [6.07, 6.45) is -2.83. The molecule has 1 amide bonds. The van der Waals surface area contributed by atoms with Gasteiger partial charge in [-0.2, -0.15) is 13.2 Å². The van der Waals surface area contributed by atoms with E-state index in [1.54, 1.807) is 13.8 Å². The second-order valence-corrected chi connectivity index (χ2v) is 7.00.